The summed E-state index contributed by atoms with van der Waals surface area (Å²) in [5.74, 6) is 0.684. The Kier molecular flexibility index (Phi) is 2.75. The Balaban J connectivity index is 2.45. The minimum absolute atomic E-state index is 0.349. The topological polar surface area (TPSA) is 84.3 Å². The third-order valence-electron chi connectivity index (χ3n) is 3.30. The van der Waals surface area contributed by atoms with Crippen LogP contribution in [0.1, 0.15) is 6.92 Å². The first-order valence-electron chi connectivity index (χ1n) is 6.36. The Morgan fingerprint density at radius 2 is 1.95 bits per heavy atom. The molecule has 4 N–H and O–H groups in total. The van der Waals surface area contributed by atoms with Crippen LogP contribution in [0.4, 0.5) is 5.69 Å². The zero-order valence-corrected chi connectivity index (χ0v) is 11.1. The number of anilines is 1. The molecule has 0 saturated carbocycles. The average Bonchev–Trinajstić information content (AvgIpc) is 2.45. The number of hydrogen-bond acceptors (Lipinski definition) is 4. The van der Waals surface area contributed by atoms with Gasteiger partial charge in [-0.25, -0.2) is 0 Å². The number of fused-ring (bicyclic) bond motifs is 2. The summed E-state index contributed by atoms with van der Waals surface area (Å²) in [6, 6.07) is 10.4. The molecule has 0 amide bonds. The van der Waals surface area contributed by atoms with E-state index in [9.17, 15) is 5.21 Å². The number of pyridine rings is 1. The summed E-state index contributed by atoms with van der Waals surface area (Å²) in [5.41, 5.74) is 7.36. The van der Waals surface area contributed by atoms with Crippen LogP contribution in [0, 0.1) is 5.41 Å². The number of rotatable bonds is 2. The maximum absolute atomic E-state index is 10.3. The van der Waals surface area contributed by atoms with Crippen molar-refractivity contribution in [2.45, 2.75) is 6.92 Å². The summed E-state index contributed by atoms with van der Waals surface area (Å²) >= 11 is 0. The number of nitrogens with two attached hydrogens (primary N) is 1. The fourth-order valence-corrected chi connectivity index (χ4v) is 2.37. The molecule has 5 heteroatoms. The van der Waals surface area contributed by atoms with E-state index in [0.29, 0.717) is 45.2 Å². The highest BCUT2D eigenvalue weighted by Gasteiger charge is 2.09. The Morgan fingerprint density at radius 3 is 2.70 bits per heavy atom. The first-order chi connectivity index (χ1) is 9.61. The van der Waals surface area contributed by atoms with Gasteiger partial charge in [-0.05, 0) is 43.3 Å². The first-order valence-corrected chi connectivity index (χ1v) is 6.36. The summed E-state index contributed by atoms with van der Waals surface area (Å²) in [7, 11) is 0. The minimum Gasteiger partial charge on any atom is -0.494 e. The highest BCUT2D eigenvalue weighted by molar-refractivity contribution is 5.94. The Morgan fingerprint density at radius 1 is 1.15 bits per heavy atom. The van der Waals surface area contributed by atoms with Crippen molar-refractivity contribution in [1.29, 1.82) is 5.41 Å². The molecule has 102 valence electrons. The molecule has 0 spiro atoms. The van der Waals surface area contributed by atoms with E-state index in [4.69, 9.17) is 15.9 Å². The lowest BCUT2D eigenvalue weighted by Crippen LogP contribution is -2.10. The van der Waals surface area contributed by atoms with E-state index in [-0.39, 0.29) is 0 Å². The van der Waals surface area contributed by atoms with Gasteiger partial charge in [0.15, 0.2) is 0 Å². The van der Waals surface area contributed by atoms with Crippen LogP contribution in [0.3, 0.4) is 0 Å². The third-order valence-corrected chi connectivity index (χ3v) is 3.30. The molecule has 3 aromatic rings. The SMILES string of the molecule is CCOc1ccc2c(c1)c(=N)c1ccc(N)cc1n2O. The zero-order valence-electron chi connectivity index (χ0n) is 11.1. The van der Waals surface area contributed by atoms with Crippen molar-refractivity contribution in [2.75, 3.05) is 12.3 Å². The number of aromatic nitrogens is 1. The molecule has 0 aliphatic carbocycles. The van der Waals surface area contributed by atoms with Crippen molar-refractivity contribution in [2.24, 2.45) is 0 Å². The molecule has 3 rings (SSSR count). The Labute approximate surface area is 115 Å². The number of benzene rings is 2. The predicted molar refractivity (Wildman–Crippen MR) is 78.1 cm³/mol. The van der Waals surface area contributed by atoms with Gasteiger partial charge in [-0.1, -0.05) is 0 Å². The molecule has 0 saturated heterocycles. The van der Waals surface area contributed by atoms with E-state index in [2.05, 4.69) is 0 Å². The summed E-state index contributed by atoms with van der Waals surface area (Å²) < 4.78 is 6.51. The highest BCUT2D eigenvalue weighted by atomic mass is 16.5. The molecule has 2 aromatic carbocycles. The van der Waals surface area contributed by atoms with E-state index in [1.54, 1.807) is 36.4 Å². The summed E-state index contributed by atoms with van der Waals surface area (Å²) in [6.45, 7) is 2.46. The van der Waals surface area contributed by atoms with Gasteiger partial charge in [-0.15, -0.1) is 0 Å². The Bertz CT molecular complexity index is 868. The lowest BCUT2D eigenvalue weighted by Gasteiger charge is -2.11. The molecule has 0 aliphatic rings. The normalized spacial score (nSPS) is 11.1. The van der Waals surface area contributed by atoms with Gasteiger partial charge in [0, 0.05) is 16.5 Å². The van der Waals surface area contributed by atoms with Gasteiger partial charge in [0.25, 0.3) is 0 Å². The van der Waals surface area contributed by atoms with Crippen LogP contribution in [0.2, 0.25) is 0 Å². The van der Waals surface area contributed by atoms with E-state index < -0.39 is 0 Å². The van der Waals surface area contributed by atoms with E-state index >= 15 is 0 Å². The summed E-state index contributed by atoms with van der Waals surface area (Å²) in [4.78, 5) is 0. The lowest BCUT2D eigenvalue weighted by atomic mass is 10.1. The first kappa shape index (κ1) is 12.3. The molecule has 1 aromatic heterocycles. The maximum Gasteiger partial charge on any atom is 0.120 e. The van der Waals surface area contributed by atoms with Gasteiger partial charge >= 0.3 is 0 Å². The van der Waals surface area contributed by atoms with Crippen LogP contribution in [0.15, 0.2) is 36.4 Å². The van der Waals surface area contributed by atoms with E-state index in [0.717, 1.165) is 4.73 Å². The van der Waals surface area contributed by atoms with E-state index in [1.165, 1.54) is 0 Å². The summed E-state index contributed by atoms with van der Waals surface area (Å²) in [5, 5.41) is 20.2. The maximum atomic E-state index is 10.3. The minimum atomic E-state index is 0.349. The number of nitrogens with zero attached hydrogens (tertiary/aromatic N) is 1. The van der Waals surface area contributed by atoms with Crippen molar-refractivity contribution in [3.8, 4) is 5.75 Å². The predicted octanol–water partition coefficient (Wildman–Crippen LogP) is 2.49. The molecule has 20 heavy (non-hydrogen) atoms. The van der Waals surface area contributed by atoms with Crippen LogP contribution in [0.5, 0.6) is 5.75 Å². The molecule has 1 heterocycles. The van der Waals surface area contributed by atoms with Crippen LogP contribution in [0.25, 0.3) is 21.8 Å². The molecular formula is C15H15N3O2. The third kappa shape index (κ3) is 1.75. The summed E-state index contributed by atoms with van der Waals surface area (Å²) in [6.07, 6.45) is 0. The van der Waals surface area contributed by atoms with Crippen LogP contribution in [-0.2, 0) is 0 Å². The van der Waals surface area contributed by atoms with Crippen LogP contribution in [-0.4, -0.2) is 16.5 Å². The van der Waals surface area contributed by atoms with Gasteiger partial charge in [-0.2, -0.15) is 4.73 Å². The molecule has 0 radical (unpaired) electrons. The van der Waals surface area contributed by atoms with Gasteiger partial charge in [0.05, 0.1) is 23.0 Å². The number of ether oxygens (including phenoxy) is 1. The second-order valence-corrected chi connectivity index (χ2v) is 4.58. The Hall–Kier alpha value is -2.69. The monoisotopic (exact) mass is 269 g/mol. The zero-order chi connectivity index (χ0) is 14.3. The highest BCUT2D eigenvalue weighted by Crippen LogP contribution is 2.23. The van der Waals surface area contributed by atoms with Crippen molar-refractivity contribution >= 4 is 27.5 Å². The van der Waals surface area contributed by atoms with Crippen LogP contribution >= 0.6 is 0 Å². The van der Waals surface area contributed by atoms with E-state index in [1.807, 2.05) is 6.92 Å². The second kappa shape index (κ2) is 4.45. The molecule has 0 fully saturated rings. The van der Waals surface area contributed by atoms with Crippen molar-refractivity contribution in [3.05, 3.63) is 41.8 Å². The number of hydrogen-bond donors (Lipinski definition) is 3. The van der Waals surface area contributed by atoms with Crippen molar-refractivity contribution in [1.82, 2.24) is 4.73 Å². The smallest absolute Gasteiger partial charge is 0.120 e. The van der Waals surface area contributed by atoms with Crippen molar-refractivity contribution in [3.63, 3.8) is 0 Å². The standard InChI is InChI=1S/C15H15N3O2/c1-2-20-10-4-6-13-12(8-10)15(17)11-5-3-9(16)7-14(11)18(13)19/h3-8,17,19H,2,16H2,1H3. The van der Waals surface area contributed by atoms with Crippen LogP contribution < -0.4 is 15.8 Å². The number of nitrogens with one attached hydrogen (secondary N) is 1. The fourth-order valence-electron chi connectivity index (χ4n) is 2.37. The molecule has 5 nitrogen and oxygen atoms in total. The lowest BCUT2D eigenvalue weighted by molar-refractivity contribution is 0.211. The fraction of sp³-hybridized carbons (Fsp3) is 0.133. The van der Waals surface area contributed by atoms with Gasteiger partial charge in [0.1, 0.15) is 5.75 Å². The molecule has 0 bridgehead atoms. The number of nitrogen functional groups attached to an aromatic ring is 1. The second-order valence-electron chi connectivity index (χ2n) is 4.58. The molecular weight excluding hydrogens is 254 g/mol. The van der Waals surface area contributed by atoms with Gasteiger partial charge in [0.2, 0.25) is 0 Å². The molecule has 0 unspecified atom stereocenters. The average molecular weight is 269 g/mol. The van der Waals surface area contributed by atoms with Crippen molar-refractivity contribution < 1.29 is 9.94 Å². The molecule has 0 atom stereocenters. The quantitative estimate of drug-likeness (QED) is 0.379. The largest absolute Gasteiger partial charge is 0.494 e. The van der Waals surface area contributed by atoms with Gasteiger partial charge < -0.3 is 15.7 Å². The van der Waals surface area contributed by atoms with Gasteiger partial charge in [-0.3, -0.25) is 5.41 Å². The molecule has 0 aliphatic heterocycles.